The highest BCUT2D eigenvalue weighted by molar-refractivity contribution is 8.14. The van der Waals surface area contributed by atoms with Crippen LogP contribution in [0.5, 0.6) is 0 Å². The quantitative estimate of drug-likeness (QED) is 0.791. The maximum atomic E-state index is 12.9. The van der Waals surface area contributed by atoms with Gasteiger partial charge < -0.3 is 4.90 Å². The third-order valence-electron chi connectivity index (χ3n) is 5.45. The van der Waals surface area contributed by atoms with Crippen molar-refractivity contribution in [2.75, 3.05) is 12.3 Å². The largest absolute Gasteiger partial charge is 0.331 e. The van der Waals surface area contributed by atoms with Crippen molar-refractivity contribution in [3.8, 4) is 0 Å². The normalized spacial score (nSPS) is 24.7. The average Bonchev–Trinajstić information content (AvgIpc) is 3.25. The van der Waals surface area contributed by atoms with Crippen molar-refractivity contribution in [2.45, 2.75) is 38.3 Å². The molecule has 5 heterocycles. The number of hydrogen-bond acceptors (Lipinski definition) is 6. The minimum atomic E-state index is -0.330. The molecule has 2 aromatic heterocycles. The van der Waals surface area contributed by atoms with Crippen LogP contribution >= 0.6 is 11.8 Å². The molecule has 5 rings (SSSR count). The molecule has 0 saturated carbocycles. The van der Waals surface area contributed by atoms with Gasteiger partial charge in [0.1, 0.15) is 6.54 Å². The fraction of sp³-hybridized carbons (Fsp3) is 0.471. The van der Waals surface area contributed by atoms with E-state index in [1.165, 1.54) is 0 Å². The van der Waals surface area contributed by atoms with Gasteiger partial charge in [0.15, 0.2) is 5.65 Å². The van der Waals surface area contributed by atoms with Crippen molar-refractivity contribution < 1.29 is 14.4 Å². The van der Waals surface area contributed by atoms with Crippen molar-refractivity contribution in [3.05, 3.63) is 29.2 Å². The zero-order valence-corrected chi connectivity index (χ0v) is 15.0. The van der Waals surface area contributed by atoms with Crippen LogP contribution in [0.2, 0.25) is 0 Å². The average molecular weight is 371 g/mol. The fourth-order valence-electron chi connectivity index (χ4n) is 4.33. The van der Waals surface area contributed by atoms with Crippen LogP contribution < -0.4 is 0 Å². The number of imide groups is 1. The van der Waals surface area contributed by atoms with E-state index in [0.717, 1.165) is 52.1 Å². The first kappa shape index (κ1) is 15.8. The van der Waals surface area contributed by atoms with Gasteiger partial charge >= 0.3 is 0 Å². The Morgan fingerprint density at radius 1 is 1.35 bits per heavy atom. The Hall–Kier alpha value is -2.42. The second kappa shape index (κ2) is 5.54. The van der Waals surface area contributed by atoms with Gasteiger partial charge in [-0.1, -0.05) is 11.8 Å². The molecule has 2 saturated heterocycles. The Morgan fingerprint density at radius 3 is 2.96 bits per heavy atom. The Kier molecular flexibility index (Phi) is 3.37. The van der Waals surface area contributed by atoms with Gasteiger partial charge in [0.2, 0.25) is 11.8 Å². The summed E-state index contributed by atoms with van der Waals surface area (Å²) in [4.78, 5) is 44.0. The summed E-state index contributed by atoms with van der Waals surface area (Å²) in [6.45, 7) is 1.78. The molecule has 0 spiro atoms. The van der Waals surface area contributed by atoms with Gasteiger partial charge in [-0.05, 0) is 19.8 Å². The van der Waals surface area contributed by atoms with Crippen molar-refractivity contribution in [1.29, 1.82) is 0 Å². The summed E-state index contributed by atoms with van der Waals surface area (Å²) in [6, 6.07) is 1.97. The lowest BCUT2D eigenvalue weighted by Gasteiger charge is -2.36. The van der Waals surface area contributed by atoms with Crippen LogP contribution in [0, 0.1) is 6.92 Å². The van der Waals surface area contributed by atoms with Crippen molar-refractivity contribution >= 4 is 34.5 Å². The minimum absolute atomic E-state index is 0.0573. The van der Waals surface area contributed by atoms with Gasteiger partial charge in [0.25, 0.3) is 5.24 Å². The molecule has 2 atom stereocenters. The van der Waals surface area contributed by atoms with Crippen LogP contribution in [0.25, 0.3) is 5.65 Å². The third kappa shape index (κ3) is 2.19. The first-order chi connectivity index (χ1) is 12.5. The monoisotopic (exact) mass is 371 g/mol. The molecule has 0 aromatic carbocycles. The van der Waals surface area contributed by atoms with Crippen LogP contribution in [-0.4, -0.2) is 59.8 Å². The number of rotatable bonds is 2. The topological polar surface area (TPSA) is 87.9 Å². The Morgan fingerprint density at radius 2 is 2.19 bits per heavy atom. The maximum absolute atomic E-state index is 12.9. The SMILES string of the molecule is Cc1cc2ncc3c(n2n1)CC1CCC3N1C(=O)CN1C(=O)CSC1=O. The van der Waals surface area contributed by atoms with Gasteiger partial charge in [-0.3, -0.25) is 19.3 Å². The lowest BCUT2D eigenvalue weighted by atomic mass is 9.99. The smallest absolute Gasteiger partial charge is 0.289 e. The number of aromatic nitrogens is 3. The van der Waals surface area contributed by atoms with E-state index in [1.807, 2.05) is 28.6 Å². The molecule has 0 N–H and O–H groups in total. The number of nitrogens with zero attached hydrogens (tertiary/aromatic N) is 5. The van der Waals surface area contributed by atoms with Gasteiger partial charge in [-0.25, -0.2) is 9.50 Å². The Labute approximate surface area is 153 Å². The van der Waals surface area contributed by atoms with Crippen molar-refractivity contribution in [1.82, 2.24) is 24.4 Å². The molecule has 8 nitrogen and oxygen atoms in total. The van der Waals surface area contributed by atoms with Gasteiger partial charge in [-0.2, -0.15) is 5.10 Å². The van der Waals surface area contributed by atoms with E-state index < -0.39 is 0 Å². The Balaban J connectivity index is 1.48. The van der Waals surface area contributed by atoms with Gasteiger partial charge in [0, 0.05) is 30.3 Å². The summed E-state index contributed by atoms with van der Waals surface area (Å²) < 4.78 is 1.89. The molecule has 3 amide bonds. The molecular formula is C17H17N5O3S. The second-order valence-corrected chi connectivity index (χ2v) is 7.93. The number of carbonyl (C=O) groups excluding carboxylic acids is 3. The van der Waals surface area contributed by atoms with Crippen LogP contribution in [0.3, 0.4) is 0 Å². The van der Waals surface area contributed by atoms with Crippen molar-refractivity contribution in [2.24, 2.45) is 0 Å². The van der Waals surface area contributed by atoms with Crippen LogP contribution in [0.15, 0.2) is 12.3 Å². The molecule has 2 unspecified atom stereocenters. The van der Waals surface area contributed by atoms with Crippen molar-refractivity contribution in [3.63, 3.8) is 0 Å². The first-order valence-corrected chi connectivity index (χ1v) is 9.64. The van der Waals surface area contributed by atoms with Gasteiger partial charge in [-0.15, -0.1) is 0 Å². The molecule has 26 heavy (non-hydrogen) atoms. The van der Waals surface area contributed by atoms with E-state index in [9.17, 15) is 14.4 Å². The zero-order chi connectivity index (χ0) is 18.0. The number of hydrogen-bond donors (Lipinski definition) is 0. The lowest BCUT2D eigenvalue weighted by Crippen LogP contribution is -2.48. The summed E-state index contributed by atoms with van der Waals surface area (Å²) in [6.07, 6.45) is 4.34. The summed E-state index contributed by atoms with van der Waals surface area (Å²) in [5, 5.41) is 4.22. The van der Waals surface area contributed by atoms with E-state index in [-0.39, 0.29) is 41.4 Å². The van der Waals surface area contributed by atoms with E-state index >= 15 is 0 Å². The molecule has 0 aliphatic carbocycles. The molecule has 134 valence electrons. The third-order valence-corrected chi connectivity index (χ3v) is 6.31. The maximum Gasteiger partial charge on any atom is 0.289 e. The molecule has 9 heteroatoms. The number of thioether (sulfide) groups is 1. The zero-order valence-electron chi connectivity index (χ0n) is 14.2. The molecular weight excluding hydrogens is 354 g/mol. The molecule has 3 aliphatic heterocycles. The fourth-order valence-corrected chi connectivity index (χ4v) is 5.06. The minimum Gasteiger partial charge on any atom is -0.331 e. The summed E-state index contributed by atoms with van der Waals surface area (Å²) in [5.74, 6) is -0.319. The molecule has 2 bridgehead atoms. The summed E-state index contributed by atoms with van der Waals surface area (Å²) in [5.41, 5.74) is 3.88. The summed E-state index contributed by atoms with van der Waals surface area (Å²) >= 11 is 0.957. The predicted molar refractivity (Wildman–Crippen MR) is 93.6 cm³/mol. The number of amides is 3. The van der Waals surface area contributed by atoms with Gasteiger partial charge in [0.05, 0.1) is 23.2 Å². The van der Waals surface area contributed by atoms with Crippen LogP contribution in [0.1, 0.15) is 35.8 Å². The standard InChI is InChI=1S/C17H17N5O3S/c1-9-4-14-18-6-11-12-3-2-10(5-13(11)22(14)19-9)21(12)15(23)7-20-16(24)8-26-17(20)25/h4,6,10,12H,2-3,5,7-8H2,1H3. The van der Waals surface area contributed by atoms with E-state index in [4.69, 9.17) is 0 Å². The summed E-state index contributed by atoms with van der Waals surface area (Å²) in [7, 11) is 0. The predicted octanol–water partition coefficient (Wildman–Crippen LogP) is 1.32. The number of carbonyl (C=O) groups is 3. The molecule has 3 aliphatic rings. The molecule has 2 aromatic rings. The van der Waals surface area contributed by atoms with E-state index in [2.05, 4.69) is 10.1 Å². The Bertz CT molecular complexity index is 955. The lowest BCUT2D eigenvalue weighted by molar-refractivity contribution is -0.139. The van der Waals surface area contributed by atoms with E-state index in [0.29, 0.717) is 6.42 Å². The van der Waals surface area contributed by atoms with E-state index in [1.54, 1.807) is 0 Å². The second-order valence-electron chi connectivity index (χ2n) is 7.00. The highest BCUT2D eigenvalue weighted by Crippen LogP contribution is 2.43. The van der Waals surface area contributed by atoms with Crippen LogP contribution in [0.4, 0.5) is 4.79 Å². The van der Waals surface area contributed by atoms with Crippen LogP contribution in [-0.2, 0) is 16.0 Å². The number of aryl methyl sites for hydroxylation is 1. The molecule has 0 radical (unpaired) electrons. The highest BCUT2D eigenvalue weighted by atomic mass is 32.2. The highest BCUT2D eigenvalue weighted by Gasteiger charge is 2.45. The number of fused-ring (bicyclic) bond motifs is 6. The first-order valence-electron chi connectivity index (χ1n) is 8.65. The molecule has 2 fully saturated rings.